The minimum Gasteiger partial charge on any atom is -0.396 e. The number of aliphatic hydroxyl groups is 1. The summed E-state index contributed by atoms with van der Waals surface area (Å²) in [6, 6.07) is 0.167. The number of carbonyl (C=O) groups is 1. The molecule has 1 aliphatic carbocycles. The highest BCUT2D eigenvalue weighted by molar-refractivity contribution is 5.82. The van der Waals surface area contributed by atoms with Gasteiger partial charge >= 0.3 is 0 Å². The van der Waals surface area contributed by atoms with E-state index in [1.807, 2.05) is 0 Å². The molecule has 1 amide bonds. The van der Waals surface area contributed by atoms with Gasteiger partial charge in [0.05, 0.1) is 6.04 Å². The Morgan fingerprint density at radius 3 is 2.78 bits per heavy atom. The normalized spacial score (nSPS) is 33.7. The van der Waals surface area contributed by atoms with Crippen molar-refractivity contribution in [2.75, 3.05) is 13.2 Å². The summed E-state index contributed by atoms with van der Waals surface area (Å²) in [6.07, 6.45) is 8.95. The highest BCUT2D eigenvalue weighted by Gasteiger charge is 2.29. The molecule has 0 aromatic heterocycles. The van der Waals surface area contributed by atoms with Crippen LogP contribution in [0, 0.1) is 5.92 Å². The van der Waals surface area contributed by atoms with Crippen LogP contribution in [0.25, 0.3) is 0 Å². The van der Waals surface area contributed by atoms with Gasteiger partial charge in [0.15, 0.2) is 0 Å². The second kappa shape index (κ2) is 7.10. The number of carbonyl (C=O) groups excluding carboxylic acids is 1. The monoisotopic (exact) mass is 254 g/mol. The number of nitrogens with one attached hydrogen (secondary N) is 2. The third kappa shape index (κ3) is 3.69. The minimum atomic E-state index is -0.0229. The zero-order valence-electron chi connectivity index (χ0n) is 11.2. The van der Waals surface area contributed by atoms with E-state index in [2.05, 4.69) is 10.6 Å². The van der Waals surface area contributed by atoms with Crippen molar-refractivity contribution in [2.24, 2.45) is 5.92 Å². The molecule has 4 heteroatoms. The van der Waals surface area contributed by atoms with Crippen LogP contribution in [0.5, 0.6) is 0 Å². The van der Waals surface area contributed by atoms with Gasteiger partial charge in [-0.3, -0.25) is 4.79 Å². The van der Waals surface area contributed by atoms with Gasteiger partial charge in [0, 0.05) is 18.6 Å². The summed E-state index contributed by atoms with van der Waals surface area (Å²) < 4.78 is 0. The van der Waals surface area contributed by atoms with Gasteiger partial charge in [-0.15, -0.1) is 0 Å². The molecule has 0 aromatic rings. The van der Waals surface area contributed by atoms with E-state index >= 15 is 0 Å². The van der Waals surface area contributed by atoms with Gasteiger partial charge in [-0.25, -0.2) is 0 Å². The van der Waals surface area contributed by atoms with Crippen molar-refractivity contribution in [3.05, 3.63) is 0 Å². The Morgan fingerprint density at radius 1 is 1.11 bits per heavy atom. The molecule has 0 aromatic carbocycles. The molecule has 0 bridgehead atoms. The van der Waals surface area contributed by atoms with Crippen LogP contribution < -0.4 is 10.6 Å². The molecule has 3 N–H and O–H groups in total. The zero-order chi connectivity index (χ0) is 12.8. The standard InChI is InChI=1S/C14H26N2O2/c17-10-11-6-5-8-12(11)16-14(18)13-7-3-1-2-4-9-15-13/h11-13,15,17H,1-10H2,(H,16,18). The van der Waals surface area contributed by atoms with Crippen molar-refractivity contribution >= 4 is 5.91 Å². The first kappa shape index (κ1) is 13.8. The molecule has 1 heterocycles. The average Bonchev–Trinajstić information content (AvgIpc) is 2.75. The first-order valence-corrected chi connectivity index (χ1v) is 7.46. The first-order chi connectivity index (χ1) is 8.81. The Hall–Kier alpha value is -0.610. The average molecular weight is 254 g/mol. The lowest BCUT2D eigenvalue weighted by Crippen LogP contribution is -2.49. The highest BCUT2D eigenvalue weighted by atomic mass is 16.3. The van der Waals surface area contributed by atoms with E-state index in [1.165, 1.54) is 19.3 Å². The van der Waals surface area contributed by atoms with Gasteiger partial charge in [-0.1, -0.05) is 25.7 Å². The molecule has 18 heavy (non-hydrogen) atoms. The van der Waals surface area contributed by atoms with Crippen LogP contribution in [-0.4, -0.2) is 36.2 Å². The van der Waals surface area contributed by atoms with Crippen molar-refractivity contribution in [3.8, 4) is 0 Å². The van der Waals surface area contributed by atoms with Gasteiger partial charge in [0.25, 0.3) is 0 Å². The molecule has 3 atom stereocenters. The lowest BCUT2D eigenvalue weighted by Gasteiger charge is -2.25. The molecule has 0 radical (unpaired) electrons. The largest absolute Gasteiger partial charge is 0.396 e. The molecule has 0 spiro atoms. The molecule has 2 rings (SSSR count). The fourth-order valence-corrected chi connectivity index (χ4v) is 3.16. The fraction of sp³-hybridized carbons (Fsp3) is 0.929. The fourth-order valence-electron chi connectivity index (χ4n) is 3.16. The summed E-state index contributed by atoms with van der Waals surface area (Å²) in [5.74, 6) is 0.407. The molecule has 3 unspecified atom stereocenters. The van der Waals surface area contributed by atoms with Crippen molar-refractivity contribution in [3.63, 3.8) is 0 Å². The van der Waals surface area contributed by atoms with Crippen molar-refractivity contribution in [2.45, 2.75) is 63.5 Å². The molecule has 1 aliphatic heterocycles. The predicted octanol–water partition coefficient (Wildman–Crippen LogP) is 1.19. The molecule has 2 fully saturated rings. The summed E-state index contributed by atoms with van der Waals surface area (Å²) >= 11 is 0. The molecule has 4 nitrogen and oxygen atoms in total. The van der Waals surface area contributed by atoms with Crippen LogP contribution in [0.3, 0.4) is 0 Å². The maximum absolute atomic E-state index is 12.2. The van der Waals surface area contributed by atoms with E-state index in [0.29, 0.717) is 0 Å². The van der Waals surface area contributed by atoms with Crippen LogP contribution >= 0.6 is 0 Å². The number of aliphatic hydroxyl groups excluding tert-OH is 1. The maximum Gasteiger partial charge on any atom is 0.237 e. The Kier molecular flexibility index (Phi) is 5.45. The number of rotatable bonds is 3. The van der Waals surface area contributed by atoms with E-state index in [-0.39, 0.29) is 30.5 Å². The summed E-state index contributed by atoms with van der Waals surface area (Å²) in [5.41, 5.74) is 0. The van der Waals surface area contributed by atoms with Gasteiger partial charge in [0.1, 0.15) is 0 Å². The lowest BCUT2D eigenvalue weighted by molar-refractivity contribution is -0.124. The molecule has 2 aliphatic rings. The predicted molar refractivity (Wildman–Crippen MR) is 71.2 cm³/mol. The summed E-state index contributed by atoms with van der Waals surface area (Å²) in [7, 11) is 0. The lowest BCUT2D eigenvalue weighted by atomic mass is 10.0. The molecule has 1 saturated carbocycles. The number of hydrogen-bond acceptors (Lipinski definition) is 3. The van der Waals surface area contributed by atoms with Crippen LogP contribution in [0.15, 0.2) is 0 Å². The van der Waals surface area contributed by atoms with Crippen molar-refractivity contribution in [1.29, 1.82) is 0 Å². The quantitative estimate of drug-likeness (QED) is 0.709. The van der Waals surface area contributed by atoms with Crippen LogP contribution in [0.1, 0.15) is 51.4 Å². The second-order valence-electron chi connectivity index (χ2n) is 5.70. The molecule has 1 saturated heterocycles. The Morgan fingerprint density at radius 2 is 1.94 bits per heavy atom. The van der Waals surface area contributed by atoms with E-state index in [9.17, 15) is 9.90 Å². The molecular weight excluding hydrogens is 228 g/mol. The third-order valence-corrected chi connectivity index (χ3v) is 4.35. The zero-order valence-corrected chi connectivity index (χ0v) is 11.2. The minimum absolute atomic E-state index is 0.0229. The Bertz CT molecular complexity index is 263. The van der Waals surface area contributed by atoms with Gasteiger partial charge in [0.2, 0.25) is 5.91 Å². The first-order valence-electron chi connectivity index (χ1n) is 7.46. The van der Waals surface area contributed by atoms with Gasteiger partial charge in [-0.2, -0.15) is 0 Å². The summed E-state index contributed by atoms with van der Waals surface area (Å²) in [6.45, 7) is 1.15. The molecular formula is C14H26N2O2. The SMILES string of the molecule is O=C(NC1CCCC1CO)C1CCCCCCN1. The van der Waals surface area contributed by atoms with Crippen LogP contribution in [-0.2, 0) is 4.79 Å². The van der Waals surface area contributed by atoms with Crippen molar-refractivity contribution < 1.29 is 9.90 Å². The summed E-state index contributed by atoms with van der Waals surface area (Å²) in [5, 5.41) is 15.8. The highest BCUT2D eigenvalue weighted by Crippen LogP contribution is 2.25. The molecule has 104 valence electrons. The topological polar surface area (TPSA) is 61.4 Å². The summed E-state index contributed by atoms with van der Waals surface area (Å²) in [4.78, 5) is 12.2. The second-order valence-corrected chi connectivity index (χ2v) is 5.70. The Labute approximate surface area is 110 Å². The maximum atomic E-state index is 12.2. The Balaban J connectivity index is 1.82. The third-order valence-electron chi connectivity index (χ3n) is 4.35. The van der Waals surface area contributed by atoms with E-state index in [4.69, 9.17) is 0 Å². The van der Waals surface area contributed by atoms with Crippen LogP contribution in [0.2, 0.25) is 0 Å². The van der Waals surface area contributed by atoms with Gasteiger partial charge < -0.3 is 15.7 Å². The van der Waals surface area contributed by atoms with Crippen LogP contribution in [0.4, 0.5) is 0 Å². The van der Waals surface area contributed by atoms with E-state index < -0.39 is 0 Å². The van der Waals surface area contributed by atoms with Gasteiger partial charge in [-0.05, 0) is 32.2 Å². The van der Waals surface area contributed by atoms with E-state index in [1.54, 1.807) is 0 Å². The van der Waals surface area contributed by atoms with Crippen molar-refractivity contribution in [1.82, 2.24) is 10.6 Å². The number of amides is 1. The smallest absolute Gasteiger partial charge is 0.237 e. The van der Waals surface area contributed by atoms with E-state index in [0.717, 1.165) is 38.6 Å². The number of hydrogen-bond donors (Lipinski definition) is 3.